The zero-order valence-electron chi connectivity index (χ0n) is 13.0. The van der Waals surface area contributed by atoms with Crippen LogP contribution in [0.15, 0.2) is 29.4 Å². The topological polar surface area (TPSA) is 53.5 Å². The van der Waals surface area contributed by atoms with E-state index in [4.69, 9.17) is 0 Å². The van der Waals surface area contributed by atoms with E-state index in [1.165, 1.54) is 32.1 Å². The van der Waals surface area contributed by atoms with Gasteiger partial charge in [-0.25, -0.2) is 8.42 Å². The molecule has 0 radical (unpaired) electrons. The van der Waals surface area contributed by atoms with Crippen molar-refractivity contribution in [3.05, 3.63) is 24.5 Å². The van der Waals surface area contributed by atoms with Gasteiger partial charge in [-0.15, -0.1) is 0 Å². The van der Waals surface area contributed by atoms with Crippen LogP contribution in [0.2, 0.25) is 0 Å². The van der Waals surface area contributed by atoms with Crippen LogP contribution in [-0.2, 0) is 10.0 Å². The maximum atomic E-state index is 12.9. The lowest BCUT2D eigenvalue weighted by Crippen LogP contribution is -2.45. The number of sulfonamides is 1. The average molecular weight is 323 g/mol. The molecule has 0 aliphatic carbocycles. The van der Waals surface area contributed by atoms with Crippen molar-refractivity contribution < 1.29 is 8.42 Å². The van der Waals surface area contributed by atoms with Gasteiger partial charge in [0.2, 0.25) is 10.0 Å². The maximum Gasteiger partial charge on any atom is 0.244 e. The Morgan fingerprint density at radius 2 is 1.91 bits per heavy atom. The molecule has 2 fully saturated rings. The predicted octanol–water partition coefficient (Wildman–Crippen LogP) is 2.11. The standard InChI is InChI=1S/C16H25N3O2S/c20-22(21,16-7-5-9-17-14-16)19-12-2-1-6-15(19)8-13-18-10-3-4-11-18/h5,7,9,14-15H,1-4,6,8,10-13H2/t15-/m1/s1. The lowest BCUT2D eigenvalue weighted by atomic mass is 10.0. The fourth-order valence-corrected chi connectivity index (χ4v) is 5.24. The summed E-state index contributed by atoms with van der Waals surface area (Å²) in [5, 5.41) is 0. The minimum atomic E-state index is -3.40. The van der Waals surface area contributed by atoms with Gasteiger partial charge >= 0.3 is 0 Å². The van der Waals surface area contributed by atoms with Crippen LogP contribution >= 0.6 is 0 Å². The minimum Gasteiger partial charge on any atom is -0.303 e. The van der Waals surface area contributed by atoms with Crippen LogP contribution < -0.4 is 0 Å². The first-order valence-corrected chi connectivity index (χ1v) is 9.76. The molecule has 3 heterocycles. The molecule has 0 bridgehead atoms. The van der Waals surface area contributed by atoms with Crippen LogP contribution in [-0.4, -0.2) is 54.8 Å². The summed E-state index contributed by atoms with van der Waals surface area (Å²) in [6.45, 7) is 4.00. The molecule has 22 heavy (non-hydrogen) atoms. The Morgan fingerprint density at radius 3 is 2.64 bits per heavy atom. The van der Waals surface area contributed by atoms with Gasteiger partial charge in [0.25, 0.3) is 0 Å². The molecule has 2 saturated heterocycles. The molecule has 1 atom stereocenters. The van der Waals surface area contributed by atoms with Crippen LogP contribution in [0.25, 0.3) is 0 Å². The Balaban J connectivity index is 1.71. The predicted molar refractivity (Wildman–Crippen MR) is 86.1 cm³/mol. The fraction of sp³-hybridized carbons (Fsp3) is 0.688. The van der Waals surface area contributed by atoms with E-state index in [0.717, 1.165) is 32.2 Å². The summed E-state index contributed by atoms with van der Waals surface area (Å²) in [4.78, 5) is 6.75. The maximum absolute atomic E-state index is 12.9. The van der Waals surface area contributed by atoms with E-state index in [9.17, 15) is 8.42 Å². The highest BCUT2D eigenvalue weighted by Gasteiger charge is 2.33. The van der Waals surface area contributed by atoms with Crippen LogP contribution in [0.4, 0.5) is 0 Å². The van der Waals surface area contributed by atoms with Gasteiger partial charge in [0.15, 0.2) is 0 Å². The average Bonchev–Trinajstić information content (AvgIpc) is 3.07. The number of nitrogens with zero attached hydrogens (tertiary/aromatic N) is 3. The van der Waals surface area contributed by atoms with Gasteiger partial charge in [-0.3, -0.25) is 4.98 Å². The Kier molecular flexibility index (Phi) is 5.10. The largest absolute Gasteiger partial charge is 0.303 e. The first-order valence-electron chi connectivity index (χ1n) is 8.32. The van der Waals surface area contributed by atoms with Crippen molar-refractivity contribution >= 4 is 10.0 Å². The third kappa shape index (κ3) is 3.50. The lowest BCUT2D eigenvalue weighted by Gasteiger charge is -2.35. The van der Waals surface area contributed by atoms with Gasteiger partial charge in [-0.2, -0.15) is 4.31 Å². The first-order chi connectivity index (χ1) is 10.7. The number of piperidine rings is 1. The van der Waals surface area contributed by atoms with Crippen LogP contribution in [0.1, 0.15) is 38.5 Å². The van der Waals surface area contributed by atoms with Gasteiger partial charge in [-0.1, -0.05) is 6.42 Å². The van der Waals surface area contributed by atoms with Crippen molar-refractivity contribution in [1.82, 2.24) is 14.2 Å². The van der Waals surface area contributed by atoms with E-state index >= 15 is 0 Å². The zero-order valence-corrected chi connectivity index (χ0v) is 13.8. The van der Waals surface area contributed by atoms with Gasteiger partial charge in [0, 0.05) is 25.0 Å². The Bertz CT molecular complexity index is 570. The molecule has 6 heteroatoms. The molecule has 5 nitrogen and oxygen atoms in total. The Morgan fingerprint density at radius 1 is 1.14 bits per heavy atom. The molecular formula is C16H25N3O2S. The Hall–Kier alpha value is -0.980. The molecule has 1 aromatic rings. The normalized spacial score (nSPS) is 24.6. The molecule has 0 aromatic carbocycles. The molecule has 2 aliphatic heterocycles. The number of hydrogen-bond donors (Lipinski definition) is 0. The number of hydrogen-bond acceptors (Lipinski definition) is 4. The third-order valence-electron chi connectivity index (χ3n) is 4.79. The Labute approximate surface area is 133 Å². The van der Waals surface area contributed by atoms with E-state index in [0.29, 0.717) is 11.4 Å². The molecule has 0 saturated carbocycles. The molecular weight excluding hydrogens is 298 g/mol. The van der Waals surface area contributed by atoms with E-state index in [2.05, 4.69) is 9.88 Å². The molecule has 122 valence electrons. The number of aromatic nitrogens is 1. The molecule has 2 aliphatic rings. The van der Waals surface area contributed by atoms with Crippen molar-refractivity contribution in [2.24, 2.45) is 0 Å². The summed E-state index contributed by atoms with van der Waals surface area (Å²) in [5.41, 5.74) is 0. The quantitative estimate of drug-likeness (QED) is 0.833. The van der Waals surface area contributed by atoms with Crippen molar-refractivity contribution in [3.8, 4) is 0 Å². The number of pyridine rings is 1. The molecule has 0 N–H and O–H groups in total. The van der Waals surface area contributed by atoms with Crippen molar-refractivity contribution in [2.45, 2.75) is 49.5 Å². The third-order valence-corrected chi connectivity index (χ3v) is 6.73. The lowest BCUT2D eigenvalue weighted by molar-refractivity contribution is 0.213. The van der Waals surface area contributed by atoms with Crippen molar-refractivity contribution in [3.63, 3.8) is 0 Å². The van der Waals surface area contributed by atoms with Crippen LogP contribution in [0.3, 0.4) is 0 Å². The SMILES string of the molecule is O=S(=O)(c1cccnc1)N1CCCC[C@@H]1CCN1CCCC1. The molecule has 0 unspecified atom stereocenters. The van der Waals surface area contributed by atoms with Gasteiger partial charge in [0.1, 0.15) is 4.90 Å². The smallest absolute Gasteiger partial charge is 0.244 e. The number of likely N-dealkylation sites (tertiary alicyclic amines) is 1. The van der Waals surface area contributed by atoms with E-state index < -0.39 is 10.0 Å². The second kappa shape index (κ2) is 7.06. The summed E-state index contributed by atoms with van der Waals surface area (Å²) in [5.74, 6) is 0. The summed E-state index contributed by atoms with van der Waals surface area (Å²) in [6.07, 6.45) is 9.64. The summed E-state index contributed by atoms with van der Waals surface area (Å²) < 4.78 is 27.5. The van der Waals surface area contributed by atoms with Gasteiger partial charge in [0.05, 0.1) is 0 Å². The molecule has 0 amide bonds. The van der Waals surface area contributed by atoms with E-state index in [1.807, 2.05) is 0 Å². The highest BCUT2D eigenvalue weighted by Crippen LogP contribution is 2.27. The zero-order chi connectivity index (χ0) is 15.4. The second-order valence-electron chi connectivity index (χ2n) is 6.29. The summed E-state index contributed by atoms with van der Waals surface area (Å²) in [7, 11) is -3.40. The minimum absolute atomic E-state index is 0.138. The summed E-state index contributed by atoms with van der Waals surface area (Å²) in [6, 6.07) is 3.48. The van der Waals surface area contributed by atoms with E-state index in [-0.39, 0.29) is 6.04 Å². The van der Waals surface area contributed by atoms with Crippen molar-refractivity contribution in [2.75, 3.05) is 26.2 Å². The highest BCUT2D eigenvalue weighted by atomic mass is 32.2. The van der Waals surface area contributed by atoms with Gasteiger partial charge in [-0.05, 0) is 63.9 Å². The molecule has 0 spiro atoms. The van der Waals surface area contributed by atoms with Gasteiger partial charge < -0.3 is 4.90 Å². The van der Waals surface area contributed by atoms with E-state index in [1.54, 1.807) is 22.6 Å². The van der Waals surface area contributed by atoms with Crippen LogP contribution in [0, 0.1) is 0 Å². The fourth-order valence-electron chi connectivity index (χ4n) is 3.55. The molecule has 1 aromatic heterocycles. The second-order valence-corrected chi connectivity index (χ2v) is 8.18. The highest BCUT2D eigenvalue weighted by molar-refractivity contribution is 7.89. The molecule has 3 rings (SSSR count). The number of rotatable bonds is 5. The van der Waals surface area contributed by atoms with Crippen molar-refractivity contribution in [1.29, 1.82) is 0 Å². The van der Waals surface area contributed by atoms with Crippen LogP contribution in [0.5, 0.6) is 0 Å². The summed E-state index contributed by atoms with van der Waals surface area (Å²) >= 11 is 0. The monoisotopic (exact) mass is 323 g/mol. The first kappa shape index (κ1) is 15.9.